The summed E-state index contributed by atoms with van der Waals surface area (Å²) in [6.07, 6.45) is 0.743. The second-order valence-electron chi connectivity index (χ2n) is 6.17. The van der Waals surface area contributed by atoms with Gasteiger partial charge in [-0.1, -0.05) is 29.5 Å². The van der Waals surface area contributed by atoms with E-state index in [-0.39, 0.29) is 5.91 Å². The van der Waals surface area contributed by atoms with Gasteiger partial charge in [0.15, 0.2) is 5.13 Å². The van der Waals surface area contributed by atoms with E-state index in [0.29, 0.717) is 35.4 Å². The maximum atomic E-state index is 12.8. The number of thiazole rings is 1. The van der Waals surface area contributed by atoms with Crippen LogP contribution < -0.4 is 10.5 Å². The lowest BCUT2D eigenvalue weighted by atomic mass is 10.1. The molecule has 2 aromatic heterocycles. The maximum Gasteiger partial charge on any atom is 0.266 e. The van der Waals surface area contributed by atoms with Crippen molar-refractivity contribution in [1.29, 1.82) is 0 Å². The summed E-state index contributed by atoms with van der Waals surface area (Å²) < 4.78 is 5.81. The predicted molar refractivity (Wildman–Crippen MR) is 99.1 cm³/mol. The Morgan fingerprint density at radius 2 is 2.19 bits per heavy atom. The van der Waals surface area contributed by atoms with Gasteiger partial charge in [0.25, 0.3) is 5.91 Å². The number of H-pyrrole nitrogens is 1. The molecule has 3 N–H and O–H groups in total. The Labute approximate surface area is 154 Å². The SMILES string of the molecule is Cc1nc(N)sc1C(=O)N1CCc2[nH]nc(COc3ccccc3)c2C1. The lowest BCUT2D eigenvalue weighted by molar-refractivity contribution is 0.0737. The van der Waals surface area contributed by atoms with Crippen molar-refractivity contribution in [3.8, 4) is 5.75 Å². The second kappa shape index (κ2) is 6.80. The summed E-state index contributed by atoms with van der Waals surface area (Å²) in [6, 6.07) is 9.62. The number of fused-ring (bicyclic) bond motifs is 1. The molecule has 7 nitrogen and oxygen atoms in total. The number of rotatable bonds is 4. The number of aryl methyl sites for hydroxylation is 1. The fourth-order valence-corrected chi connectivity index (χ4v) is 3.88. The highest BCUT2D eigenvalue weighted by Gasteiger charge is 2.28. The molecule has 1 aliphatic rings. The van der Waals surface area contributed by atoms with Crippen LogP contribution in [0.3, 0.4) is 0 Å². The number of anilines is 1. The van der Waals surface area contributed by atoms with Gasteiger partial charge >= 0.3 is 0 Å². The molecule has 4 rings (SSSR count). The molecule has 8 heteroatoms. The summed E-state index contributed by atoms with van der Waals surface area (Å²) in [5.41, 5.74) is 9.36. The number of aromatic amines is 1. The fourth-order valence-electron chi connectivity index (χ4n) is 3.07. The summed E-state index contributed by atoms with van der Waals surface area (Å²) in [5, 5.41) is 7.88. The molecule has 1 aromatic carbocycles. The zero-order valence-corrected chi connectivity index (χ0v) is 15.2. The number of carbonyl (C=O) groups excluding carboxylic acids is 1. The van der Waals surface area contributed by atoms with Crippen molar-refractivity contribution in [1.82, 2.24) is 20.1 Å². The quantitative estimate of drug-likeness (QED) is 0.736. The van der Waals surface area contributed by atoms with E-state index >= 15 is 0 Å². The molecule has 0 bridgehead atoms. The minimum Gasteiger partial charge on any atom is -0.487 e. The first-order chi connectivity index (χ1) is 12.6. The van der Waals surface area contributed by atoms with E-state index in [4.69, 9.17) is 10.5 Å². The minimum absolute atomic E-state index is 0.0292. The van der Waals surface area contributed by atoms with Gasteiger partial charge in [-0.15, -0.1) is 0 Å². The van der Waals surface area contributed by atoms with Crippen LogP contribution in [0, 0.1) is 6.92 Å². The van der Waals surface area contributed by atoms with Gasteiger partial charge in [-0.25, -0.2) is 4.98 Å². The maximum absolute atomic E-state index is 12.8. The van der Waals surface area contributed by atoms with Crippen LogP contribution in [0.15, 0.2) is 30.3 Å². The van der Waals surface area contributed by atoms with Gasteiger partial charge in [-0.05, 0) is 19.1 Å². The molecule has 0 saturated carbocycles. The molecule has 0 radical (unpaired) electrons. The molecule has 1 aliphatic heterocycles. The predicted octanol–water partition coefficient (Wildman–Crippen LogP) is 2.53. The molecule has 0 saturated heterocycles. The van der Waals surface area contributed by atoms with Crippen molar-refractivity contribution in [2.45, 2.75) is 26.5 Å². The molecule has 26 heavy (non-hydrogen) atoms. The molecule has 134 valence electrons. The molecule has 3 heterocycles. The van der Waals surface area contributed by atoms with Crippen LogP contribution in [-0.4, -0.2) is 32.5 Å². The van der Waals surface area contributed by atoms with E-state index in [0.717, 1.165) is 29.1 Å². The third kappa shape index (κ3) is 3.15. The summed E-state index contributed by atoms with van der Waals surface area (Å²) in [5.74, 6) is 0.766. The number of aromatic nitrogens is 3. The van der Waals surface area contributed by atoms with Crippen LogP contribution >= 0.6 is 11.3 Å². The lowest BCUT2D eigenvalue weighted by Gasteiger charge is -2.27. The number of hydrogen-bond donors (Lipinski definition) is 2. The Morgan fingerprint density at radius 1 is 1.38 bits per heavy atom. The van der Waals surface area contributed by atoms with Gasteiger partial charge in [-0.3, -0.25) is 9.89 Å². The van der Waals surface area contributed by atoms with Crippen molar-refractivity contribution in [3.05, 3.63) is 57.9 Å². The largest absolute Gasteiger partial charge is 0.487 e. The number of nitrogens with one attached hydrogen (secondary N) is 1. The topological polar surface area (TPSA) is 97.1 Å². The number of nitrogens with zero attached hydrogens (tertiary/aromatic N) is 3. The number of amides is 1. The van der Waals surface area contributed by atoms with E-state index < -0.39 is 0 Å². The van der Waals surface area contributed by atoms with Crippen LogP contribution in [0.5, 0.6) is 5.75 Å². The first kappa shape index (κ1) is 16.6. The summed E-state index contributed by atoms with van der Waals surface area (Å²) in [4.78, 5) is 19.4. The Morgan fingerprint density at radius 3 is 2.92 bits per heavy atom. The molecule has 0 fully saturated rings. The van der Waals surface area contributed by atoms with Crippen molar-refractivity contribution >= 4 is 22.4 Å². The summed E-state index contributed by atoms with van der Waals surface area (Å²) >= 11 is 1.24. The van der Waals surface area contributed by atoms with Gasteiger partial charge in [0.1, 0.15) is 22.9 Å². The van der Waals surface area contributed by atoms with Gasteiger partial charge in [0.2, 0.25) is 0 Å². The first-order valence-corrected chi connectivity index (χ1v) is 9.18. The number of carbonyl (C=O) groups is 1. The van der Waals surface area contributed by atoms with E-state index in [1.54, 1.807) is 0 Å². The molecule has 3 aromatic rings. The second-order valence-corrected chi connectivity index (χ2v) is 7.20. The average Bonchev–Trinajstić information content (AvgIpc) is 3.22. The molecular weight excluding hydrogens is 350 g/mol. The molecule has 0 unspecified atom stereocenters. The Balaban J connectivity index is 1.50. The monoisotopic (exact) mass is 369 g/mol. The van der Waals surface area contributed by atoms with Crippen LogP contribution in [0.4, 0.5) is 5.13 Å². The molecule has 0 atom stereocenters. The van der Waals surface area contributed by atoms with E-state index in [1.165, 1.54) is 11.3 Å². The van der Waals surface area contributed by atoms with Gasteiger partial charge < -0.3 is 15.4 Å². The zero-order valence-electron chi connectivity index (χ0n) is 14.4. The van der Waals surface area contributed by atoms with Crippen LogP contribution in [0.2, 0.25) is 0 Å². The molecular formula is C18H19N5O2S. The molecule has 0 spiro atoms. The Bertz CT molecular complexity index is 934. The number of nitrogens with two attached hydrogens (primary N) is 1. The van der Waals surface area contributed by atoms with Gasteiger partial charge in [-0.2, -0.15) is 5.10 Å². The number of hydrogen-bond acceptors (Lipinski definition) is 6. The standard InChI is InChI=1S/C18H19N5O2S/c1-11-16(26-18(19)20-11)17(24)23-8-7-14-13(9-23)15(22-21-14)10-25-12-5-3-2-4-6-12/h2-6H,7-10H2,1H3,(H2,19,20)(H,21,22). The van der Waals surface area contributed by atoms with Crippen molar-refractivity contribution in [2.75, 3.05) is 12.3 Å². The zero-order chi connectivity index (χ0) is 18.1. The van der Waals surface area contributed by atoms with E-state index in [1.807, 2.05) is 42.2 Å². The molecule has 0 aliphatic carbocycles. The number of benzene rings is 1. The smallest absolute Gasteiger partial charge is 0.266 e. The van der Waals surface area contributed by atoms with Crippen LogP contribution in [0.1, 0.15) is 32.3 Å². The number of para-hydroxylation sites is 1. The van der Waals surface area contributed by atoms with Gasteiger partial charge in [0.05, 0.1) is 5.69 Å². The number of ether oxygens (including phenoxy) is 1. The highest BCUT2D eigenvalue weighted by Crippen LogP contribution is 2.26. The van der Waals surface area contributed by atoms with Crippen LogP contribution in [0.25, 0.3) is 0 Å². The normalized spacial score (nSPS) is 13.5. The van der Waals surface area contributed by atoms with E-state index in [2.05, 4.69) is 15.2 Å². The highest BCUT2D eigenvalue weighted by molar-refractivity contribution is 7.17. The molecule has 1 amide bonds. The Kier molecular flexibility index (Phi) is 4.34. The van der Waals surface area contributed by atoms with Crippen LogP contribution in [-0.2, 0) is 19.6 Å². The third-order valence-electron chi connectivity index (χ3n) is 4.43. The third-order valence-corrected chi connectivity index (χ3v) is 5.41. The highest BCUT2D eigenvalue weighted by atomic mass is 32.1. The number of nitrogen functional groups attached to an aromatic ring is 1. The van der Waals surface area contributed by atoms with Crippen molar-refractivity contribution in [3.63, 3.8) is 0 Å². The lowest BCUT2D eigenvalue weighted by Crippen LogP contribution is -2.36. The fraction of sp³-hybridized carbons (Fsp3) is 0.278. The van der Waals surface area contributed by atoms with Crippen molar-refractivity contribution < 1.29 is 9.53 Å². The summed E-state index contributed by atoms with van der Waals surface area (Å²) in [7, 11) is 0. The Hall–Kier alpha value is -2.87. The van der Waals surface area contributed by atoms with Crippen molar-refractivity contribution in [2.24, 2.45) is 0 Å². The van der Waals surface area contributed by atoms with E-state index in [9.17, 15) is 4.79 Å². The van der Waals surface area contributed by atoms with Gasteiger partial charge in [0, 0.05) is 30.8 Å². The minimum atomic E-state index is -0.0292. The summed E-state index contributed by atoms with van der Waals surface area (Å²) in [6.45, 7) is 3.33. The first-order valence-electron chi connectivity index (χ1n) is 8.37. The average molecular weight is 369 g/mol.